The van der Waals surface area contributed by atoms with E-state index in [2.05, 4.69) is 20.8 Å². The van der Waals surface area contributed by atoms with Crippen LogP contribution in [-0.4, -0.2) is 29.1 Å². The molecule has 0 aromatic heterocycles. The van der Waals surface area contributed by atoms with Crippen LogP contribution in [0, 0.1) is 0 Å². The third-order valence-corrected chi connectivity index (χ3v) is 20.9. The van der Waals surface area contributed by atoms with E-state index in [1.165, 1.54) is 64.0 Å². The molecule has 0 saturated heterocycles. The summed E-state index contributed by atoms with van der Waals surface area (Å²) >= 11 is -2.24. The first kappa shape index (κ1) is 25.0. The Labute approximate surface area is 179 Å². The molecule has 1 saturated carbocycles. The van der Waals surface area contributed by atoms with Gasteiger partial charge in [0.2, 0.25) is 0 Å². The Balaban J connectivity index is 1.88. The molecule has 0 aliphatic heterocycles. The van der Waals surface area contributed by atoms with E-state index in [0.717, 1.165) is 23.0 Å². The van der Waals surface area contributed by atoms with E-state index in [0.29, 0.717) is 12.0 Å². The molecule has 166 valence electrons. The van der Waals surface area contributed by atoms with Crippen LogP contribution in [0.5, 0.6) is 0 Å². The number of hydrogen-bond acceptors (Lipinski definition) is 1. The predicted molar refractivity (Wildman–Crippen MR) is 118 cm³/mol. The van der Waals surface area contributed by atoms with E-state index >= 15 is 0 Å². The predicted octanol–water partition coefficient (Wildman–Crippen LogP) is 8.36. The molecular formula is C24H39F3OSn. The van der Waals surface area contributed by atoms with Gasteiger partial charge in [0.25, 0.3) is 0 Å². The Bertz CT molecular complexity index is 557. The Kier molecular flexibility index (Phi) is 10.3. The molecule has 1 nitrogen and oxygen atoms in total. The average molecular weight is 519 g/mol. The number of alkyl halides is 3. The summed E-state index contributed by atoms with van der Waals surface area (Å²) in [6.45, 7) is 6.87. The number of unbranched alkanes of at least 4 members (excludes halogenated alkanes) is 3. The van der Waals surface area contributed by atoms with Crippen molar-refractivity contribution in [3.05, 3.63) is 35.4 Å². The van der Waals surface area contributed by atoms with Crippen LogP contribution in [0.25, 0.3) is 0 Å². The third-order valence-electron chi connectivity index (χ3n) is 6.61. The summed E-state index contributed by atoms with van der Waals surface area (Å²) in [4.78, 5) is 0. The number of halogens is 3. The van der Waals surface area contributed by atoms with E-state index in [1.807, 2.05) is 0 Å². The van der Waals surface area contributed by atoms with Crippen LogP contribution in [0.15, 0.2) is 24.3 Å². The van der Waals surface area contributed by atoms with Gasteiger partial charge in [-0.25, -0.2) is 0 Å². The van der Waals surface area contributed by atoms with E-state index in [4.69, 9.17) is 4.74 Å². The van der Waals surface area contributed by atoms with Crippen LogP contribution < -0.4 is 0 Å². The second-order valence-electron chi connectivity index (χ2n) is 9.03. The van der Waals surface area contributed by atoms with Crippen molar-refractivity contribution in [3.63, 3.8) is 0 Å². The first-order chi connectivity index (χ1) is 13.8. The van der Waals surface area contributed by atoms with Gasteiger partial charge in [-0.1, -0.05) is 0 Å². The Morgan fingerprint density at radius 1 is 0.862 bits per heavy atom. The van der Waals surface area contributed by atoms with Crippen LogP contribution in [0.1, 0.15) is 89.2 Å². The van der Waals surface area contributed by atoms with Crippen LogP contribution in [0.4, 0.5) is 13.2 Å². The summed E-state index contributed by atoms with van der Waals surface area (Å²) in [7, 11) is 0. The first-order valence-corrected chi connectivity index (χ1v) is 19.7. The molecule has 0 radical (unpaired) electrons. The van der Waals surface area contributed by atoms with Gasteiger partial charge in [-0.15, -0.1) is 0 Å². The molecule has 0 spiro atoms. The maximum absolute atomic E-state index is 12.7. The van der Waals surface area contributed by atoms with Crippen LogP contribution in [0.3, 0.4) is 0 Å². The van der Waals surface area contributed by atoms with Gasteiger partial charge in [-0.05, 0) is 0 Å². The second kappa shape index (κ2) is 12.0. The molecule has 29 heavy (non-hydrogen) atoms. The van der Waals surface area contributed by atoms with Crippen molar-refractivity contribution in [2.45, 2.75) is 104 Å². The van der Waals surface area contributed by atoms with Crippen molar-refractivity contribution < 1.29 is 17.9 Å². The van der Waals surface area contributed by atoms with Crippen molar-refractivity contribution in [3.8, 4) is 0 Å². The average Bonchev–Trinajstić information content (AvgIpc) is 2.67. The molecule has 1 aromatic carbocycles. The zero-order chi connectivity index (χ0) is 21.3. The zero-order valence-corrected chi connectivity index (χ0v) is 21.3. The molecule has 0 atom stereocenters. The quantitative estimate of drug-likeness (QED) is 0.238. The fourth-order valence-electron chi connectivity index (χ4n) is 4.46. The minimum absolute atomic E-state index is 0.309. The molecule has 0 heterocycles. The molecular weight excluding hydrogens is 480 g/mol. The van der Waals surface area contributed by atoms with Crippen molar-refractivity contribution in [2.75, 3.05) is 4.62 Å². The standard InChI is InChI=1S/C12H12F3O.3C4H9.Sn/c1-16-11-6-9(7-11)8-2-4-10(5-3-8)12(13,14)15;3*1-3-4-2;/h2-5,9,11H,1,6-7H2;3*1,3-4H2,2H3;/t9-,11+;;;;. The summed E-state index contributed by atoms with van der Waals surface area (Å²) in [6.07, 6.45) is 5.86. The monoisotopic (exact) mass is 520 g/mol. The molecule has 0 unspecified atom stereocenters. The Hall–Kier alpha value is -0.231. The number of ether oxygens (including phenoxy) is 1. The van der Waals surface area contributed by atoms with E-state index < -0.39 is 30.1 Å². The van der Waals surface area contributed by atoms with Gasteiger partial charge in [0.05, 0.1) is 0 Å². The molecule has 5 heteroatoms. The van der Waals surface area contributed by atoms with Crippen molar-refractivity contribution in [1.29, 1.82) is 0 Å². The molecule has 0 bridgehead atoms. The maximum atomic E-state index is 12.7. The molecule has 1 aliphatic rings. The molecule has 0 amide bonds. The molecule has 2 rings (SSSR count). The number of rotatable bonds is 13. The summed E-state index contributed by atoms with van der Waals surface area (Å²) in [5.41, 5.74) is 0.463. The fourth-order valence-corrected chi connectivity index (χ4v) is 19.0. The van der Waals surface area contributed by atoms with Crippen molar-refractivity contribution >= 4 is 18.4 Å². The Morgan fingerprint density at radius 2 is 1.34 bits per heavy atom. The van der Waals surface area contributed by atoms with Gasteiger partial charge in [-0.2, -0.15) is 0 Å². The summed E-state index contributed by atoms with van der Waals surface area (Å²) in [5, 5.41) is 0. The minimum atomic E-state index is -4.25. The SMILES string of the molecule is CCC[CH2][Sn]([CH2]CCC)([CH2]CCC)[CH2]O[C@H]1C[C@@H](c2ccc(C(F)(F)F)cc2)C1. The van der Waals surface area contributed by atoms with E-state index in [-0.39, 0.29) is 0 Å². The normalized spacial score (nSPS) is 19.9. The molecule has 1 aliphatic carbocycles. The molecule has 0 N–H and O–H groups in total. The molecule has 1 fully saturated rings. The number of benzene rings is 1. The summed E-state index contributed by atoms with van der Waals surface area (Å²) in [5.74, 6) is 0.355. The van der Waals surface area contributed by atoms with Gasteiger partial charge >= 0.3 is 180 Å². The fraction of sp³-hybridized carbons (Fsp3) is 0.750. The molecule has 1 aromatic rings. The van der Waals surface area contributed by atoms with Crippen LogP contribution in [0.2, 0.25) is 13.3 Å². The van der Waals surface area contributed by atoms with Gasteiger partial charge in [0.1, 0.15) is 0 Å². The zero-order valence-electron chi connectivity index (χ0n) is 18.5. The first-order valence-electron chi connectivity index (χ1n) is 11.6. The topological polar surface area (TPSA) is 9.23 Å². The third kappa shape index (κ3) is 7.75. The Morgan fingerprint density at radius 3 is 1.76 bits per heavy atom. The van der Waals surface area contributed by atoms with Gasteiger partial charge in [0, 0.05) is 0 Å². The van der Waals surface area contributed by atoms with Crippen molar-refractivity contribution in [2.24, 2.45) is 0 Å². The van der Waals surface area contributed by atoms with Gasteiger partial charge < -0.3 is 0 Å². The summed E-state index contributed by atoms with van der Waals surface area (Å²) in [6, 6.07) is 5.73. The van der Waals surface area contributed by atoms with Crippen LogP contribution in [-0.2, 0) is 10.9 Å². The van der Waals surface area contributed by atoms with E-state index in [1.54, 1.807) is 12.1 Å². The van der Waals surface area contributed by atoms with Crippen molar-refractivity contribution in [1.82, 2.24) is 0 Å². The van der Waals surface area contributed by atoms with Crippen LogP contribution >= 0.6 is 0 Å². The van der Waals surface area contributed by atoms with Gasteiger partial charge in [0.15, 0.2) is 0 Å². The summed E-state index contributed by atoms with van der Waals surface area (Å²) < 4.78 is 50.1. The van der Waals surface area contributed by atoms with Gasteiger partial charge in [-0.3, -0.25) is 0 Å². The second-order valence-corrected chi connectivity index (χ2v) is 22.7. The van der Waals surface area contributed by atoms with E-state index in [9.17, 15) is 13.2 Å². The number of hydrogen-bond donors (Lipinski definition) is 0.